The Balaban J connectivity index is 2.62. The summed E-state index contributed by atoms with van der Waals surface area (Å²) in [5.74, 6) is -0.551. The zero-order valence-electron chi connectivity index (χ0n) is 10.8. The highest BCUT2D eigenvalue weighted by molar-refractivity contribution is 5.91. The van der Waals surface area contributed by atoms with Crippen LogP contribution >= 0.6 is 0 Å². The van der Waals surface area contributed by atoms with Crippen LogP contribution in [0, 0.1) is 0 Å². The minimum absolute atomic E-state index is 0.0383. The maximum atomic E-state index is 11.2. The Bertz CT molecular complexity index is 606. The molecule has 0 fully saturated rings. The summed E-state index contributed by atoms with van der Waals surface area (Å²) in [5, 5.41) is 9.96. The Morgan fingerprint density at radius 2 is 2.00 bits per heavy atom. The molecule has 0 radical (unpaired) electrons. The molecular weight excluding hydrogens is 248 g/mol. The van der Waals surface area contributed by atoms with Gasteiger partial charge < -0.3 is 25.3 Å². The Morgan fingerprint density at radius 3 is 2.53 bits per heavy atom. The highest BCUT2D eigenvalue weighted by Gasteiger charge is 2.22. The molecule has 0 aliphatic carbocycles. The predicted molar refractivity (Wildman–Crippen MR) is 70.8 cm³/mol. The number of carboxylic acids is 1. The van der Waals surface area contributed by atoms with Crippen molar-refractivity contribution in [1.29, 1.82) is 0 Å². The maximum absolute atomic E-state index is 11.2. The number of nitrogens with one attached hydrogen (secondary N) is 1. The SMILES string of the molecule is COc1cc2[nH]cc([C@H](CN)C(=O)O)c2cc1OC. The van der Waals surface area contributed by atoms with E-state index in [4.69, 9.17) is 15.2 Å². The van der Waals surface area contributed by atoms with Crippen molar-refractivity contribution >= 4 is 16.9 Å². The van der Waals surface area contributed by atoms with Crippen LogP contribution in [0.25, 0.3) is 10.9 Å². The van der Waals surface area contributed by atoms with E-state index >= 15 is 0 Å². The molecular formula is C13H16N2O4. The van der Waals surface area contributed by atoms with Gasteiger partial charge in [-0.1, -0.05) is 0 Å². The van der Waals surface area contributed by atoms with Crippen molar-refractivity contribution in [3.8, 4) is 11.5 Å². The number of aromatic nitrogens is 1. The largest absolute Gasteiger partial charge is 0.493 e. The average molecular weight is 264 g/mol. The molecule has 0 saturated carbocycles. The van der Waals surface area contributed by atoms with Crippen molar-refractivity contribution < 1.29 is 19.4 Å². The third-order valence-corrected chi connectivity index (χ3v) is 3.13. The number of aromatic amines is 1. The van der Waals surface area contributed by atoms with Gasteiger partial charge >= 0.3 is 5.97 Å². The highest BCUT2D eigenvalue weighted by atomic mass is 16.5. The fraction of sp³-hybridized carbons (Fsp3) is 0.308. The molecule has 0 spiro atoms. The smallest absolute Gasteiger partial charge is 0.312 e. The maximum Gasteiger partial charge on any atom is 0.312 e. The molecule has 1 aromatic carbocycles. The molecule has 0 aliphatic rings. The van der Waals surface area contributed by atoms with Crippen LogP contribution in [0.5, 0.6) is 11.5 Å². The summed E-state index contributed by atoms with van der Waals surface area (Å²) in [5.41, 5.74) is 6.96. The molecule has 6 nitrogen and oxygen atoms in total. The summed E-state index contributed by atoms with van der Waals surface area (Å²) in [6.45, 7) is 0.0383. The number of carbonyl (C=O) groups is 1. The number of H-pyrrole nitrogens is 1. The Morgan fingerprint density at radius 1 is 1.37 bits per heavy atom. The summed E-state index contributed by atoms with van der Waals surface area (Å²) < 4.78 is 10.4. The van der Waals surface area contributed by atoms with Gasteiger partial charge in [-0.05, 0) is 11.6 Å². The van der Waals surface area contributed by atoms with Crippen LogP contribution < -0.4 is 15.2 Å². The van der Waals surface area contributed by atoms with Gasteiger partial charge in [0.05, 0.1) is 20.1 Å². The molecule has 4 N–H and O–H groups in total. The third kappa shape index (κ3) is 2.22. The van der Waals surface area contributed by atoms with Crippen LogP contribution in [0.15, 0.2) is 18.3 Å². The molecule has 2 aromatic rings. The van der Waals surface area contributed by atoms with Crippen LogP contribution in [0.2, 0.25) is 0 Å². The molecule has 0 bridgehead atoms. The number of benzene rings is 1. The first-order chi connectivity index (χ1) is 9.12. The summed E-state index contributed by atoms with van der Waals surface area (Å²) >= 11 is 0. The predicted octanol–water partition coefficient (Wildman–Crippen LogP) is 1.31. The van der Waals surface area contributed by atoms with E-state index < -0.39 is 11.9 Å². The second-order valence-electron chi connectivity index (χ2n) is 4.12. The zero-order valence-corrected chi connectivity index (χ0v) is 10.8. The van der Waals surface area contributed by atoms with E-state index in [1.54, 1.807) is 25.4 Å². The molecule has 102 valence electrons. The fourth-order valence-electron chi connectivity index (χ4n) is 2.12. The molecule has 0 unspecified atom stereocenters. The zero-order chi connectivity index (χ0) is 14.0. The Labute approximate surface area is 110 Å². The lowest BCUT2D eigenvalue weighted by molar-refractivity contribution is -0.138. The topological polar surface area (TPSA) is 97.6 Å². The van der Waals surface area contributed by atoms with Crippen LogP contribution in [0.1, 0.15) is 11.5 Å². The van der Waals surface area contributed by atoms with E-state index in [-0.39, 0.29) is 6.54 Å². The van der Waals surface area contributed by atoms with Gasteiger partial charge in [0, 0.05) is 29.7 Å². The molecule has 6 heteroatoms. The minimum Gasteiger partial charge on any atom is -0.493 e. The van der Waals surface area contributed by atoms with Crippen molar-refractivity contribution in [3.63, 3.8) is 0 Å². The number of aliphatic carboxylic acids is 1. The number of carboxylic acid groups (broad SMARTS) is 1. The summed E-state index contributed by atoms with van der Waals surface area (Å²) in [6, 6.07) is 3.53. The number of ether oxygens (including phenoxy) is 2. The van der Waals surface area contributed by atoms with E-state index in [2.05, 4.69) is 4.98 Å². The van der Waals surface area contributed by atoms with E-state index in [0.29, 0.717) is 17.1 Å². The average Bonchev–Trinajstić information content (AvgIpc) is 2.80. The first-order valence-electron chi connectivity index (χ1n) is 5.78. The van der Waals surface area contributed by atoms with E-state index in [1.807, 2.05) is 0 Å². The first-order valence-corrected chi connectivity index (χ1v) is 5.78. The number of rotatable bonds is 5. The Kier molecular flexibility index (Phi) is 3.62. The molecule has 1 heterocycles. The fourth-order valence-corrected chi connectivity index (χ4v) is 2.12. The number of nitrogens with two attached hydrogens (primary N) is 1. The molecule has 2 rings (SSSR count). The minimum atomic E-state index is -0.946. The summed E-state index contributed by atoms with van der Waals surface area (Å²) in [4.78, 5) is 14.2. The van der Waals surface area contributed by atoms with Gasteiger partial charge in [-0.15, -0.1) is 0 Å². The van der Waals surface area contributed by atoms with Gasteiger partial charge in [0.2, 0.25) is 0 Å². The lowest BCUT2D eigenvalue weighted by Crippen LogP contribution is -2.20. The second-order valence-corrected chi connectivity index (χ2v) is 4.12. The van der Waals surface area contributed by atoms with Gasteiger partial charge in [-0.3, -0.25) is 4.79 Å². The lowest BCUT2D eigenvalue weighted by atomic mass is 9.98. The van der Waals surface area contributed by atoms with Gasteiger partial charge in [-0.2, -0.15) is 0 Å². The molecule has 19 heavy (non-hydrogen) atoms. The van der Waals surface area contributed by atoms with Crippen LogP contribution in [0.4, 0.5) is 0 Å². The van der Waals surface area contributed by atoms with E-state index in [0.717, 1.165) is 10.9 Å². The quantitative estimate of drug-likeness (QED) is 0.756. The van der Waals surface area contributed by atoms with Gasteiger partial charge in [0.1, 0.15) is 0 Å². The van der Waals surface area contributed by atoms with Crippen LogP contribution in [-0.4, -0.2) is 36.8 Å². The summed E-state index contributed by atoms with van der Waals surface area (Å²) in [7, 11) is 3.08. The van der Waals surface area contributed by atoms with Crippen molar-refractivity contribution in [2.24, 2.45) is 5.73 Å². The Hall–Kier alpha value is -2.21. The van der Waals surface area contributed by atoms with Crippen LogP contribution in [0.3, 0.4) is 0 Å². The number of methoxy groups -OCH3 is 2. The molecule has 0 aliphatic heterocycles. The van der Waals surface area contributed by atoms with Crippen LogP contribution in [-0.2, 0) is 4.79 Å². The number of hydrogen-bond acceptors (Lipinski definition) is 4. The van der Waals surface area contributed by atoms with Crippen molar-refractivity contribution in [3.05, 3.63) is 23.9 Å². The van der Waals surface area contributed by atoms with Gasteiger partial charge in [0.15, 0.2) is 11.5 Å². The van der Waals surface area contributed by atoms with Crippen molar-refractivity contribution in [2.75, 3.05) is 20.8 Å². The molecule has 1 aromatic heterocycles. The second kappa shape index (κ2) is 5.19. The van der Waals surface area contributed by atoms with Gasteiger partial charge in [0.25, 0.3) is 0 Å². The number of hydrogen-bond donors (Lipinski definition) is 3. The van der Waals surface area contributed by atoms with Gasteiger partial charge in [-0.25, -0.2) is 0 Å². The first kappa shape index (κ1) is 13.2. The molecule has 0 amide bonds. The van der Waals surface area contributed by atoms with E-state index in [9.17, 15) is 9.90 Å². The molecule has 1 atom stereocenters. The molecule has 0 saturated heterocycles. The monoisotopic (exact) mass is 264 g/mol. The number of fused-ring (bicyclic) bond motifs is 1. The lowest BCUT2D eigenvalue weighted by Gasteiger charge is -2.10. The summed E-state index contributed by atoms with van der Waals surface area (Å²) in [6.07, 6.45) is 1.66. The highest BCUT2D eigenvalue weighted by Crippen LogP contribution is 2.35. The van der Waals surface area contributed by atoms with Crippen molar-refractivity contribution in [2.45, 2.75) is 5.92 Å². The van der Waals surface area contributed by atoms with Crippen molar-refractivity contribution in [1.82, 2.24) is 4.98 Å². The third-order valence-electron chi connectivity index (χ3n) is 3.13. The van der Waals surface area contributed by atoms with E-state index in [1.165, 1.54) is 7.11 Å². The normalized spacial score (nSPS) is 12.4. The standard InChI is InChI=1S/C13H16N2O4/c1-18-11-3-7-9(8(5-14)13(16)17)6-15-10(7)4-12(11)19-2/h3-4,6,8,15H,5,14H2,1-2H3,(H,16,17)/t8-/m0/s1.